The molecule has 0 fully saturated rings. The summed E-state index contributed by atoms with van der Waals surface area (Å²) in [4.78, 5) is 0. The van der Waals surface area contributed by atoms with Gasteiger partial charge in [0.15, 0.2) is 0 Å². The van der Waals surface area contributed by atoms with Gasteiger partial charge in [0.05, 0.1) is 26.4 Å². The van der Waals surface area contributed by atoms with Gasteiger partial charge in [-0.1, -0.05) is 0 Å². The Morgan fingerprint density at radius 3 is 2.58 bits per heavy atom. The maximum Gasteiger partial charge on any atom is 0.100 e. The van der Waals surface area contributed by atoms with Gasteiger partial charge in [0.25, 0.3) is 0 Å². The molecular formula is C7H17NO4. The zero-order valence-electron chi connectivity index (χ0n) is 7.07. The lowest BCUT2D eigenvalue weighted by molar-refractivity contribution is 0.00720. The van der Waals surface area contributed by atoms with Crippen LogP contribution in [0.4, 0.5) is 0 Å². The molecule has 0 aromatic rings. The Hall–Kier alpha value is -0.200. The molecule has 0 rings (SSSR count). The molecule has 0 saturated heterocycles. The minimum absolute atomic E-state index is 0.110. The topological polar surface area (TPSA) is 82.0 Å². The van der Waals surface area contributed by atoms with E-state index in [1.54, 1.807) is 0 Å². The predicted molar refractivity (Wildman–Crippen MR) is 43.9 cm³/mol. The van der Waals surface area contributed by atoms with Crippen molar-refractivity contribution in [2.75, 3.05) is 39.5 Å². The summed E-state index contributed by atoms with van der Waals surface area (Å²) in [5.41, 5.74) is 0. The molecule has 0 spiro atoms. The molecule has 0 aliphatic rings. The molecule has 0 amide bonds. The average molecular weight is 179 g/mol. The van der Waals surface area contributed by atoms with E-state index in [0.717, 1.165) is 0 Å². The number of hydrogen-bond donors (Lipinski definition) is 4. The summed E-state index contributed by atoms with van der Waals surface area (Å²) in [5, 5.41) is 28.5. The molecule has 0 aliphatic carbocycles. The Labute approximate surface area is 72.0 Å². The van der Waals surface area contributed by atoms with E-state index in [0.29, 0.717) is 19.7 Å². The summed E-state index contributed by atoms with van der Waals surface area (Å²) >= 11 is 0. The lowest BCUT2D eigenvalue weighted by atomic mass is 10.4. The largest absolute Gasteiger partial charge is 0.395 e. The smallest absolute Gasteiger partial charge is 0.100 e. The van der Waals surface area contributed by atoms with Crippen LogP contribution in [0.5, 0.6) is 0 Å². The standard InChI is InChI=1S/C7H17NO4/c9-3-1-8-2-4-12-6-7(11)5-10/h7-11H,1-6H2. The highest BCUT2D eigenvalue weighted by Crippen LogP contribution is 1.82. The number of ether oxygens (including phenoxy) is 1. The van der Waals surface area contributed by atoms with Gasteiger partial charge in [0, 0.05) is 13.1 Å². The fraction of sp³-hybridized carbons (Fsp3) is 1.00. The molecule has 0 saturated carbocycles. The first-order valence-corrected chi connectivity index (χ1v) is 3.99. The van der Waals surface area contributed by atoms with Crippen molar-refractivity contribution in [1.29, 1.82) is 0 Å². The number of aliphatic hydroxyl groups excluding tert-OH is 3. The predicted octanol–water partition coefficient (Wildman–Crippen LogP) is -2.06. The first-order valence-electron chi connectivity index (χ1n) is 3.99. The second-order valence-corrected chi connectivity index (χ2v) is 2.38. The van der Waals surface area contributed by atoms with E-state index in [-0.39, 0.29) is 19.8 Å². The molecule has 4 N–H and O–H groups in total. The van der Waals surface area contributed by atoms with Crippen molar-refractivity contribution in [3.8, 4) is 0 Å². The zero-order chi connectivity index (χ0) is 9.23. The molecule has 5 heteroatoms. The van der Waals surface area contributed by atoms with E-state index in [9.17, 15) is 0 Å². The van der Waals surface area contributed by atoms with Gasteiger partial charge in [-0.05, 0) is 0 Å². The van der Waals surface area contributed by atoms with E-state index >= 15 is 0 Å². The summed E-state index contributed by atoms with van der Waals surface area (Å²) in [6.07, 6.45) is -0.789. The Kier molecular flexibility index (Phi) is 8.74. The Bertz CT molecular complexity index is 91.5. The van der Waals surface area contributed by atoms with Gasteiger partial charge in [-0.25, -0.2) is 0 Å². The van der Waals surface area contributed by atoms with Crippen LogP contribution < -0.4 is 5.32 Å². The van der Waals surface area contributed by atoms with Crippen molar-refractivity contribution in [3.05, 3.63) is 0 Å². The van der Waals surface area contributed by atoms with Gasteiger partial charge in [0.1, 0.15) is 6.10 Å². The first-order chi connectivity index (χ1) is 5.81. The van der Waals surface area contributed by atoms with Crippen LogP contribution >= 0.6 is 0 Å². The van der Waals surface area contributed by atoms with Crippen LogP contribution in [0.15, 0.2) is 0 Å². The fourth-order valence-corrected chi connectivity index (χ4v) is 0.620. The van der Waals surface area contributed by atoms with E-state index in [2.05, 4.69) is 5.32 Å². The van der Waals surface area contributed by atoms with Crippen molar-refractivity contribution in [2.24, 2.45) is 0 Å². The first kappa shape index (κ1) is 11.8. The van der Waals surface area contributed by atoms with Gasteiger partial charge in [-0.2, -0.15) is 0 Å². The van der Waals surface area contributed by atoms with Crippen LogP contribution in [-0.2, 0) is 4.74 Å². The monoisotopic (exact) mass is 179 g/mol. The van der Waals surface area contributed by atoms with E-state index < -0.39 is 6.10 Å². The molecule has 12 heavy (non-hydrogen) atoms. The van der Waals surface area contributed by atoms with Crippen LogP contribution in [0.25, 0.3) is 0 Å². The maximum atomic E-state index is 8.83. The second-order valence-electron chi connectivity index (χ2n) is 2.38. The molecular weight excluding hydrogens is 162 g/mol. The van der Waals surface area contributed by atoms with Crippen LogP contribution in [-0.4, -0.2) is 60.9 Å². The quantitative estimate of drug-likeness (QED) is 0.322. The van der Waals surface area contributed by atoms with Gasteiger partial charge < -0.3 is 25.4 Å². The molecule has 0 heterocycles. The molecule has 1 unspecified atom stereocenters. The van der Waals surface area contributed by atoms with Crippen molar-refractivity contribution in [1.82, 2.24) is 5.32 Å². The van der Waals surface area contributed by atoms with Crippen LogP contribution in [0.3, 0.4) is 0 Å². The van der Waals surface area contributed by atoms with E-state index in [1.807, 2.05) is 0 Å². The lowest BCUT2D eigenvalue weighted by Crippen LogP contribution is -2.26. The third-order valence-corrected chi connectivity index (χ3v) is 1.23. The summed E-state index contributed by atoms with van der Waals surface area (Å²) in [7, 11) is 0. The van der Waals surface area contributed by atoms with Gasteiger partial charge in [0.2, 0.25) is 0 Å². The Morgan fingerprint density at radius 2 is 2.00 bits per heavy atom. The number of aliphatic hydroxyl groups is 3. The highest BCUT2D eigenvalue weighted by Gasteiger charge is 1.99. The summed E-state index contributed by atoms with van der Waals surface area (Å²) in [5.74, 6) is 0. The molecule has 74 valence electrons. The van der Waals surface area contributed by atoms with Crippen LogP contribution in [0.1, 0.15) is 0 Å². The summed E-state index contributed by atoms with van der Waals surface area (Å²) in [6, 6.07) is 0. The second kappa shape index (κ2) is 8.89. The van der Waals surface area contributed by atoms with E-state index in [1.165, 1.54) is 0 Å². The van der Waals surface area contributed by atoms with Crippen LogP contribution in [0.2, 0.25) is 0 Å². The third-order valence-electron chi connectivity index (χ3n) is 1.23. The van der Waals surface area contributed by atoms with Crippen LogP contribution in [0, 0.1) is 0 Å². The lowest BCUT2D eigenvalue weighted by Gasteiger charge is -2.08. The highest BCUT2D eigenvalue weighted by molar-refractivity contribution is 4.49. The third kappa shape index (κ3) is 7.90. The molecule has 0 bridgehead atoms. The van der Waals surface area contributed by atoms with Crippen molar-refractivity contribution >= 4 is 0 Å². The molecule has 0 aromatic carbocycles. The molecule has 0 aromatic heterocycles. The Balaban J connectivity index is 2.90. The highest BCUT2D eigenvalue weighted by atomic mass is 16.5. The minimum atomic E-state index is -0.789. The van der Waals surface area contributed by atoms with Gasteiger partial charge >= 0.3 is 0 Å². The fourth-order valence-electron chi connectivity index (χ4n) is 0.620. The Morgan fingerprint density at radius 1 is 1.25 bits per heavy atom. The molecule has 5 nitrogen and oxygen atoms in total. The number of rotatable bonds is 8. The summed E-state index contributed by atoms with van der Waals surface area (Å²) in [6.45, 7) is 1.64. The average Bonchev–Trinajstić information content (AvgIpc) is 2.10. The van der Waals surface area contributed by atoms with Crippen molar-refractivity contribution < 1.29 is 20.1 Å². The van der Waals surface area contributed by atoms with Gasteiger partial charge in [-0.3, -0.25) is 0 Å². The van der Waals surface area contributed by atoms with Crippen molar-refractivity contribution in [3.63, 3.8) is 0 Å². The van der Waals surface area contributed by atoms with Gasteiger partial charge in [-0.15, -0.1) is 0 Å². The number of hydrogen-bond acceptors (Lipinski definition) is 5. The number of nitrogens with one attached hydrogen (secondary N) is 1. The zero-order valence-corrected chi connectivity index (χ0v) is 7.07. The van der Waals surface area contributed by atoms with Crippen molar-refractivity contribution in [2.45, 2.75) is 6.10 Å². The normalized spacial score (nSPS) is 13.2. The molecule has 0 aliphatic heterocycles. The maximum absolute atomic E-state index is 8.83. The molecule has 0 radical (unpaired) electrons. The summed E-state index contributed by atoms with van der Waals surface area (Å²) < 4.78 is 4.98. The minimum Gasteiger partial charge on any atom is -0.395 e. The SMILES string of the molecule is OCCNCCOCC(O)CO. The van der Waals surface area contributed by atoms with E-state index in [4.69, 9.17) is 20.1 Å². The molecule has 1 atom stereocenters.